The summed E-state index contributed by atoms with van der Waals surface area (Å²) in [5.41, 5.74) is 5.30. The molecule has 0 unspecified atom stereocenters. The molecule has 0 saturated heterocycles. The lowest BCUT2D eigenvalue weighted by Gasteiger charge is -2.30. The molecule has 1 aromatic heterocycles. The van der Waals surface area contributed by atoms with Gasteiger partial charge in [0.05, 0.1) is 24.2 Å². The van der Waals surface area contributed by atoms with E-state index in [-0.39, 0.29) is 11.4 Å². The summed E-state index contributed by atoms with van der Waals surface area (Å²) in [4.78, 5) is 3.71. The smallest absolute Gasteiger partial charge is 0.264 e. The second-order valence-electron chi connectivity index (χ2n) is 8.81. The van der Waals surface area contributed by atoms with E-state index >= 15 is 0 Å². The Morgan fingerprint density at radius 2 is 1.61 bits per heavy atom. The Morgan fingerprint density at radius 1 is 0.944 bits per heavy atom. The number of aromatic nitrogens is 1. The number of H-pyrrole nitrogens is 1. The lowest BCUT2D eigenvalue weighted by atomic mass is 10.0. The zero-order chi connectivity index (χ0) is 26.0. The molecule has 0 aliphatic heterocycles. The third-order valence-corrected chi connectivity index (χ3v) is 8.20. The minimum atomic E-state index is -3.92. The van der Waals surface area contributed by atoms with Crippen molar-refractivity contribution in [3.8, 4) is 5.75 Å². The maximum atomic E-state index is 14.1. The van der Waals surface area contributed by atoms with Crippen molar-refractivity contribution in [2.24, 2.45) is 0 Å². The fourth-order valence-corrected chi connectivity index (χ4v) is 6.08. The van der Waals surface area contributed by atoms with E-state index in [1.165, 1.54) is 4.31 Å². The van der Waals surface area contributed by atoms with Gasteiger partial charge in [-0.2, -0.15) is 0 Å². The van der Waals surface area contributed by atoms with Crippen LogP contribution >= 0.6 is 0 Å². The van der Waals surface area contributed by atoms with Crippen LogP contribution in [0.1, 0.15) is 30.5 Å². The lowest BCUT2D eigenvalue weighted by molar-refractivity contribution is -0.128. The van der Waals surface area contributed by atoms with Gasteiger partial charge in [0.25, 0.3) is 10.0 Å². The van der Waals surface area contributed by atoms with E-state index in [1.807, 2.05) is 58.9 Å². The van der Waals surface area contributed by atoms with Gasteiger partial charge in [-0.05, 0) is 82.1 Å². The number of rotatable bonds is 10. The second-order valence-corrected chi connectivity index (χ2v) is 10.7. The molecule has 192 valence electrons. The Morgan fingerprint density at radius 3 is 2.22 bits per heavy atom. The zero-order valence-corrected chi connectivity index (χ0v) is 22.5. The van der Waals surface area contributed by atoms with Crippen molar-refractivity contribution < 1.29 is 22.6 Å². The van der Waals surface area contributed by atoms with Crippen LogP contribution in [0.4, 0.5) is 5.69 Å². The average molecular weight is 511 g/mol. The fourth-order valence-electron chi connectivity index (χ4n) is 4.58. The summed E-state index contributed by atoms with van der Waals surface area (Å²) < 4.78 is 46.6. The van der Waals surface area contributed by atoms with Crippen molar-refractivity contribution in [1.82, 2.24) is 4.98 Å². The number of ether oxygens (including phenoxy) is 3. The molecule has 1 N–H and O–H groups in total. The van der Waals surface area contributed by atoms with Crippen LogP contribution in [0.3, 0.4) is 0 Å². The molecule has 3 aromatic carbocycles. The molecule has 0 aliphatic rings. The van der Waals surface area contributed by atoms with Gasteiger partial charge in [0.2, 0.25) is 0 Å². The van der Waals surface area contributed by atoms with Gasteiger partial charge in [0.15, 0.2) is 6.29 Å². The molecule has 0 saturated carbocycles. The number of fused-ring (bicyclic) bond motifs is 3. The molecule has 0 amide bonds. The van der Waals surface area contributed by atoms with E-state index < -0.39 is 16.3 Å². The van der Waals surface area contributed by atoms with Crippen molar-refractivity contribution >= 4 is 37.5 Å². The molecule has 0 fully saturated rings. The molecule has 0 aliphatic carbocycles. The first-order valence-corrected chi connectivity index (χ1v) is 13.6. The van der Waals surface area contributed by atoms with Crippen LogP contribution in [0.25, 0.3) is 21.8 Å². The van der Waals surface area contributed by atoms with E-state index in [4.69, 9.17) is 14.2 Å². The Balaban J connectivity index is 1.97. The molecule has 0 atom stereocenters. The minimum Gasteiger partial charge on any atom is -0.497 e. The zero-order valence-electron chi connectivity index (χ0n) is 21.7. The number of aromatic amines is 1. The van der Waals surface area contributed by atoms with Crippen molar-refractivity contribution in [2.45, 2.75) is 45.8 Å². The predicted octanol–water partition coefficient (Wildman–Crippen LogP) is 5.85. The highest BCUT2D eigenvalue weighted by Gasteiger charge is 2.31. The number of hydrogen-bond acceptors (Lipinski definition) is 5. The number of aryl methyl sites for hydroxylation is 3. The topological polar surface area (TPSA) is 80.9 Å². The molecule has 36 heavy (non-hydrogen) atoms. The molecule has 7 nitrogen and oxygen atoms in total. The van der Waals surface area contributed by atoms with Crippen LogP contribution < -0.4 is 9.04 Å². The summed E-state index contributed by atoms with van der Waals surface area (Å²) in [6.45, 7) is 10.4. The summed E-state index contributed by atoms with van der Waals surface area (Å²) in [7, 11) is -2.29. The highest BCUT2D eigenvalue weighted by Crippen LogP contribution is 2.39. The third-order valence-electron chi connectivity index (χ3n) is 6.41. The normalized spacial score (nSPS) is 12.1. The number of anilines is 1. The van der Waals surface area contributed by atoms with Crippen LogP contribution in [0.5, 0.6) is 5.75 Å². The third kappa shape index (κ3) is 4.81. The largest absolute Gasteiger partial charge is 0.497 e. The van der Waals surface area contributed by atoms with E-state index in [1.54, 1.807) is 31.4 Å². The first kappa shape index (κ1) is 26.0. The highest BCUT2D eigenvalue weighted by atomic mass is 32.2. The van der Waals surface area contributed by atoms with Gasteiger partial charge >= 0.3 is 0 Å². The standard InChI is InChI=1S/C28H34N2O5S/c1-7-34-26(35-8-2)17-30(36(31,32)22-12-9-18(3)10-13-22)25-15-19(4)28-27(20(25)5)23-16-21(33-6)11-14-24(23)29-28/h9-16,26,29H,7-8,17H2,1-6H3. The Kier molecular flexibility index (Phi) is 7.59. The van der Waals surface area contributed by atoms with Crippen molar-refractivity contribution in [1.29, 1.82) is 0 Å². The molecule has 8 heteroatoms. The van der Waals surface area contributed by atoms with Crippen LogP contribution in [-0.2, 0) is 19.5 Å². The van der Waals surface area contributed by atoms with Crippen LogP contribution in [0.15, 0.2) is 53.4 Å². The second kappa shape index (κ2) is 10.5. The Bertz CT molecular complexity index is 1470. The average Bonchev–Trinajstić information content (AvgIpc) is 3.25. The molecule has 1 heterocycles. The number of sulfonamides is 1. The molecular weight excluding hydrogens is 476 g/mol. The van der Waals surface area contributed by atoms with Gasteiger partial charge in [-0.15, -0.1) is 0 Å². The molecule has 0 bridgehead atoms. The first-order valence-electron chi connectivity index (χ1n) is 12.1. The number of benzene rings is 3. The number of nitrogens with one attached hydrogen (secondary N) is 1. The van der Waals surface area contributed by atoms with Gasteiger partial charge < -0.3 is 19.2 Å². The summed E-state index contributed by atoms with van der Waals surface area (Å²) in [6, 6.07) is 14.7. The van der Waals surface area contributed by atoms with Crippen LogP contribution in [-0.4, -0.2) is 46.6 Å². The van der Waals surface area contributed by atoms with E-state index in [0.29, 0.717) is 18.9 Å². The monoisotopic (exact) mass is 510 g/mol. The van der Waals surface area contributed by atoms with Crippen molar-refractivity contribution in [3.63, 3.8) is 0 Å². The Labute approximate surface area is 213 Å². The fraction of sp³-hybridized carbons (Fsp3) is 0.357. The van der Waals surface area contributed by atoms with Gasteiger partial charge in [-0.3, -0.25) is 4.31 Å². The van der Waals surface area contributed by atoms with E-state index in [2.05, 4.69) is 4.98 Å². The van der Waals surface area contributed by atoms with E-state index in [9.17, 15) is 8.42 Å². The Hall–Kier alpha value is -3.07. The first-order chi connectivity index (χ1) is 17.2. The SMILES string of the molecule is CCOC(CN(c1cc(C)c2[nH]c3ccc(OC)cc3c2c1C)S(=O)(=O)c1ccc(C)cc1)OCC. The highest BCUT2D eigenvalue weighted by molar-refractivity contribution is 7.92. The van der Waals surface area contributed by atoms with E-state index in [0.717, 1.165) is 44.2 Å². The maximum Gasteiger partial charge on any atom is 0.264 e. The van der Waals surface area contributed by atoms with Gasteiger partial charge in [0.1, 0.15) is 5.75 Å². The minimum absolute atomic E-state index is 0.0232. The number of methoxy groups -OCH3 is 1. The number of hydrogen-bond donors (Lipinski definition) is 1. The van der Waals surface area contributed by atoms with Crippen LogP contribution in [0, 0.1) is 20.8 Å². The summed E-state index contributed by atoms with van der Waals surface area (Å²) >= 11 is 0. The van der Waals surface area contributed by atoms with Crippen molar-refractivity contribution in [3.05, 3.63) is 65.2 Å². The van der Waals surface area contributed by atoms with Crippen molar-refractivity contribution in [2.75, 3.05) is 31.2 Å². The van der Waals surface area contributed by atoms with Gasteiger partial charge in [-0.1, -0.05) is 17.7 Å². The molecular formula is C28H34N2O5S. The molecule has 0 spiro atoms. The quantitative estimate of drug-likeness (QED) is 0.271. The maximum absolute atomic E-state index is 14.1. The summed E-state index contributed by atoms with van der Waals surface area (Å²) in [6.07, 6.45) is -0.710. The summed E-state index contributed by atoms with van der Waals surface area (Å²) in [5, 5.41) is 1.94. The molecule has 0 radical (unpaired) electrons. The number of nitrogens with zero attached hydrogens (tertiary/aromatic N) is 1. The molecule has 4 aromatic rings. The lowest BCUT2D eigenvalue weighted by Crippen LogP contribution is -2.40. The van der Waals surface area contributed by atoms with Gasteiger partial charge in [0, 0.05) is 35.0 Å². The predicted molar refractivity (Wildman–Crippen MR) is 145 cm³/mol. The van der Waals surface area contributed by atoms with Gasteiger partial charge in [-0.25, -0.2) is 8.42 Å². The molecule has 4 rings (SSSR count). The summed E-state index contributed by atoms with van der Waals surface area (Å²) in [5.74, 6) is 0.739. The van der Waals surface area contributed by atoms with Crippen LogP contribution in [0.2, 0.25) is 0 Å².